The van der Waals surface area contributed by atoms with Crippen LogP contribution in [0.1, 0.15) is 33.1 Å². The highest BCUT2D eigenvalue weighted by atomic mass is 16.5. The van der Waals surface area contributed by atoms with Crippen LogP contribution in [0.2, 0.25) is 0 Å². The van der Waals surface area contributed by atoms with E-state index in [1.807, 2.05) is 13.8 Å². The summed E-state index contributed by atoms with van der Waals surface area (Å²) in [6.07, 6.45) is 3.77. The standard InChI is InChI=1S/C7H13NO.C2H6/c1-2-7(9-5-1)3-4-8-6-7;1-2/h8H,1-6H2;1-2H3. The van der Waals surface area contributed by atoms with E-state index in [2.05, 4.69) is 5.32 Å². The minimum atomic E-state index is 0.278. The first-order valence-electron chi connectivity index (χ1n) is 4.76. The first-order chi connectivity index (χ1) is 5.41. The van der Waals surface area contributed by atoms with Gasteiger partial charge >= 0.3 is 0 Å². The van der Waals surface area contributed by atoms with E-state index >= 15 is 0 Å². The van der Waals surface area contributed by atoms with E-state index in [1.54, 1.807) is 0 Å². The molecule has 2 aliphatic rings. The van der Waals surface area contributed by atoms with Crippen LogP contribution in [0.3, 0.4) is 0 Å². The van der Waals surface area contributed by atoms with Crippen LogP contribution in [0.4, 0.5) is 0 Å². The fourth-order valence-electron chi connectivity index (χ4n) is 1.81. The minimum absolute atomic E-state index is 0.278. The lowest BCUT2D eigenvalue weighted by molar-refractivity contribution is 0.0217. The van der Waals surface area contributed by atoms with Crippen LogP contribution in [0, 0.1) is 0 Å². The Balaban J connectivity index is 0.000000281. The van der Waals surface area contributed by atoms with Crippen molar-refractivity contribution in [2.24, 2.45) is 0 Å². The molecule has 0 radical (unpaired) electrons. The van der Waals surface area contributed by atoms with Crippen molar-refractivity contribution in [2.45, 2.75) is 38.7 Å². The number of hydrogen-bond donors (Lipinski definition) is 1. The summed E-state index contributed by atoms with van der Waals surface area (Å²) in [5, 5.41) is 3.33. The quantitative estimate of drug-likeness (QED) is 0.576. The van der Waals surface area contributed by atoms with Gasteiger partial charge in [0.25, 0.3) is 0 Å². The Labute approximate surface area is 69.3 Å². The zero-order valence-corrected chi connectivity index (χ0v) is 7.65. The van der Waals surface area contributed by atoms with E-state index in [0.29, 0.717) is 0 Å². The second kappa shape index (κ2) is 4.07. The maximum atomic E-state index is 5.64. The molecule has 1 N–H and O–H groups in total. The van der Waals surface area contributed by atoms with Gasteiger partial charge in [0.1, 0.15) is 0 Å². The van der Waals surface area contributed by atoms with Gasteiger partial charge in [-0.2, -0.15) is 0 Å². The van der Waals surface area contributed by atoms with Gasteiger partial charge in [-0.15, -0.1) is 0 Å². The predicted molar refractivity (Wildman–Crippen MR) is 46.8 cm³/mol. The molecular weight excluding hydrogens is 138 g/mol. The van der Waals surface area contributed by atoms with Crippen LogP contribution < -0.4 is 5.32 Å². The maximum absolute atomic E-state index is 5.64. The summed E-state index contributed by atoms with van der Waals surface area (Å²) in [4.78, 5) is 0. The minimum Gasteiger partial charge on any atom is -0.374 e. The lowest BCUT2D eigenvalue weighted by Crippen LogP contribution is -2.29. The van der Waals surface area contributed by atoms with Gasteiger partial charge in [-0.25, -0.2) is 0 Å². The molecule has 1 atom stereocenters. The molecule has 2 aliphatic heterocycles. The van der Waals surface area contributed by atoms with Gasteiger partial charge in [0.2, 0.25) is 0 Å². The van der Waals surface area contributed by atoms with E-state index in [-0.39, 0.29) is 5.60 Å². The van der Waals surface area contributed by atoms with Crippen LogP contribution in [-0.4, -0.2) is 25.3 Å². The molecule has 2 nitrogen and oxygen atoms in total. The van der Waals surface area contributed by atoms with Gasteiger partial charge in [0, 0.05) is 13.2 Å². The molecule has 0 aromatic heterocycles. The van der Waals surface area contributed by atoms with Gasteiger partial charge in [0.15, 0.2) is 0 Å². The summed E-state index contributed by atoms with van der Waals surface area (Å²) >= 11 is 0. The maximum Gasteiger partial charge on any atom is 0.0819 e. The summed E-state index contributed by atoms with van der Waals surface area (Å²) in [7, 11) is 0. The van der Waals surface area contributed by atoms with Crippen LogP contribution >= 0.6 is 0 Å². The third-order valence-corrected chi connectivity index (χ3v) is 2.39. The molecule has 66 valence electrons. The third kappa shape index (κ3) is 1.94. The number of ether oxygens (including phenoxy) is 1. The molecule has 2 heteroatoms. The molecule has 1 spiro atoms. The van der Waals surface area contributed by atoms with Crippen LogP contribution in [0.5, 0.6) is 0 Å². The highest BCUT2D eigenvalue weighted by Crippen LogP contribution is 2.30. The Morgan fingerprint density at radius 3 is 2.55 bits per heavy atom. The molecule has 2 fully saturated rings. The highest BCUT2D eigenvalue weighted by molar-refractivity contribution is 4.92. The Morgan fingerprint density at radius 2 is 2.09 bits per heavy atom. The summed E-state index contributed by atoms with van der Waals surface area (Å²) in [5.74, 6) is 0. The van der Waals surface area contributed by atoms with Crippen molar-refractivity contribution in [3.05, 3.63) is 0 Å². The van der Waals surface area contributed by atoms with Crippen molar-refractivity contribution in [3.8, 4) is 0 Å². The average Bonchev–Trinajstić information content (AvgIpc) is 2.69. The third-order valence-electron chi connectivity index (χ3n) is 2.39. The Kier molecular flexibility index (Phi) is 3.34. The first kappa shape index (κ1) is 9.01. The largest absolute Gasteiger partial charge is 0.374 e. The van der Waals surface area contributed by atoms with Crippen LogP contribution in [-0.2, 0) is 4.74 Å². The molecule has 11 heavy (non-hydrogen) atoms. The fraction of sp³-hybridized carbons (Fsp3) is 1.00. The zero-order chi connectivity index (χ0) is 8.16. The smallest absolute Gasteiger partial charge is 0.0819 e. The van der Waals surface area contributed by atoms with E-state index in [1.165, 1.54) is 19.3 Å². The molecule has 0 saturated carbocycles. The molecule has 2 rings (SSSR count). The second-order valence-electron chi connectivity index (χ2n) is 3.06. The molecular formula is C9H19NO. The summed E-state index contributed by atoms with van der Waals surface area (Å²) in [5.41, 5.74) is 0.278. The second-order valence-corrected chi connectivity index (χ2v) is 3.06. The van der Waals surface area contributed by atoms with Gasteiger partial charge in [0.05, 0.1) is 5.60 Å². The van der Waals surface area contributed by atoms with Crippen LogP contribution in [0.25, 0.3) is 0 Å². The Morgan fingerprint density at radius 1 is 1.27 bits per heavy atom. The normalized spacial score (nSPS) is 35.5. The van der Waals surface area contributed by atoms with Crippen LogP contribution in [0.15, 0.2) is 0 Å². The molecule has 0 aromatic carbocycles. The lowest BCUT2D eigenvalue weighted by Gasteiger charge is -2.19. The van der Waals surface area contributed by atoms with Gasteiger partial charge in [-0.3, -0.25) is 0 Å². The molecule has 0 aliphatic carbocycles. The van der Waals surface area contributed by atoms with E-state index in [4.69, 9.17) is 4.74 Å². The van der Waals surface area contributed by atoms with Crippen molar-refractivity contribution in [2.75, 3.05) is 19.7 Å². The molecule has 2 heterocycles. The SMILES string of the molecule is C1COC2(C1)CCNC2.CC. The summed E-state index contributed by atoms with van der Waals surface area (Å²) in [6, 6.07) is 0. The van der Waals surface area contributed by atoms with Crippen molar-refractivity contribution >= 4 is 0 Å². The summed E-state index contributed by atoms with van der Waals surface area (Å²) < 4.78 is 5.64. The van der Waals surface area contributed by atoms with Crippen molar-refractivity contribution < 1.29 is 4.74 Å². The lowest BCUT2D eigenvalue weighted by atomic mass is 10.00. The molecule has 0 bridgehead atoms. The predicted octanol–water partition coefficient (Wildman–Crippen LogP) is 1.56. The van der Waals surface area contributed by atoms with Gasteiger partial charge < -0.3 is 10.1 Å². The van der Waals surface area contributed by atoms with E-state index in [9.17, 15) is 0 Å². The fourth-order valence-corrected chi connectivity index (χ4v) is 1.81. The first-order valence-corrected chi connectivity index (χ1v) is 4.76. The number of rotatable bonds is 0. The zero-order valence-electron chi connectivity index (χ0n) is 7.65. The van der Waals surface area contributed by atoms with E-state index < -0.39 is 0 Å². The number of nitrogens with one attached hydrogen (secondary N) is 1. The van der Waals surface area contributed by atoms with Gasteiger partial charge in [-0.05, 0) is 25.8 Å². The average molecular weight is 157 g/mol. The van der Waals surface area contributed by atoms with Crippen molar-refractivity contribution in [1.82, 2.24) is 5.32 Å². The monoisotopic (exact) mass is 157 g/mol. The molecule has 0 aromatic rings. The Hall–Kier alpha value is -0.0800. The summed E-state index contributed by atoms with van der Waals surface area (Å²) in [6.45, 7) is 7.23. The Bertz CT molecular complexity index is 84.6. The van der Waals surface area contributed by atoms with E-state index in [0.717, 1.165) is 19.7 Å². The highest BCUT2D eigenvalue weighted by Gasteiger charge is 2.37. The van der Waals surface area contributed by atoms with Crippen molar-refractivity contribution in [3.63, 3.8) is 0 Å². The van der Waals surface area contributed by atoms with Gasteiger partial charge in [-0.1, -0.05) is 13.8 Å². The molecule has 1 unspecified atom stereocenters. The van der Waals surface area contributed by atoms with Crippen molar-refractivity contribution in [1.29, 1.82) is 0 Å². The topological polar surface area (TPSA) is 21.3 Å². The number of hydrogen-bond acceptors (Lipinski definition) is 2. The molecule has 2 saturated heterocycles. The molecule has 0 amide bonds.